The van der Waals surface area contributed by atoms with Gasteiger partial charge in [-0.3, -0.25) is 9.59 Å². The van der Waals surface area contributed by atoms with Crippen LogP contribution in [0.3, 0.4) is 0 Å². The van der Waals surface area contributed by atoms with Gasteiger partial charge in [0, 0.05) is 6.42 Å². The van der Waals surface area contributed by atoms with Gasteiger partial charge in [-0.15, -0.1) is 0 Å². The molecule has 0 aromatic rings. The zero-order valence-electron chi connectivity index (χ0n) is 40.1. The highest BCUT2D eigenvalue weighted by Gasteiger charge is 2.24. The molecule has 3 unspecified atom stereocenters. The second-order valence-corrected chi connectivity index (χ2v) is 17.9. The topological polar surface area (TPSA) is 95.9 Å². The summed E-state index contributed by atoms with van der Waals surface area (Å²) in [6, 6.07) is -0.705. The summed E-state index contributed by atoms with van der Waals surface area (Å²) in [7, 11) is 0. The number of unbranched alkanes of at least 4 members (excludes halogenated alkanes) is 29. The molecule has 3 atom stereocenters. The lowest BCUT2D eigenvalue weighted by Gasteiger charge is -2.24. The molecule has 0 aromatic heterocycles. The Morgan fingerprint density at radius 3 is 1.42 bits per heavy atom. The van der Waals surface area contributed by atoms with E-state index in [2.05, 4.69) is 62.5 Å². The van der Waals surface area contributed by atoms with Crippen molar-refractivity contribution in [3.05, 3.63) is 36.5 Å². The molecule has 60 heavy (non-hydrogen) atoms. The highest BCUT2D eigenvalue weighted by molar-refractivity contribution is 5.77. The Bertz CT molecular complexity index is 993. The van der Waals surface area contributed by atoms with Gasteiger partial charge in [0.2, 0.25) is 5.91 Å². The summed E-state index contributed by atoms with van der Waals surface area (Å²) in [5, 5.41) is 23.8. The number of aliphatic hydroxyl groups is 2. The van der Waals surface area contributed by atoms with Crippen LogP contribution in [-0.4, -0.2) is 46.9 Å². The normalized spacial score (nSPS) is 13.5. The van der Waals surface area contributed by atoms with Crippen molar-refractivity contribution < 1.29 is 24.5 Å². The predicted octanol–water partition coefficient (Wildman–Crippen LogP) is 15.7. The van der Waals surface area contributed by atoms with Gasteiger partial charge >= 0.3 is 5.97 Å². The monoisotopic (exact) mass is 844 g/mol. The van der Waals surface area contributed by atoms with Gasteiger partial charge < -0.3 is 20.3 Å². The van der Waals surface area contributed by atoms with Crippen molar-refractivity contribution in [3.63, 3.8) is 0 Å². The first-order valence-corrected chi connectivity index (χ1v) is 26.2. The third-order valence-electron chi connectivity index (χ3n) is 12.0. The maximum atomic E-state index is 13.2. The fourth-order valence-electron chi connectivity index (χ4n) is 7.99. The average Bonchev–Trinajstić information content (AvgIpc) is 3.24. The summed E-state index contributed by atoms with van der Waals surface area (Å²) in [5.41, 5.74) is 0. The maximum Gasteiger partial charge on any atom is 0.306 e. The molecule has 0 radical (unpaired) electrons. The Morgan fingerprint density at radius 1 is 0.500 bits per heavy atom. The van der Waals surface area contributed by atoms with E-state index < -0.39 is 18.2 Å². The molecule has 0 spiro atoms. The molecule has 0 aromatic carbocycles. The fourth-order valence-corrected chi connectivity index (χ4v) is 7.99. The van der Waals surface area contributed by atoms with E-state index in [4.69, 9.17) is 4.74 Å². The first-order chi connectivity index (χ1) is 29.5. The first kappa shape index (κ1) is 58.1. The van der Waals surface area contributed by atoms with Crippen LogP contribution >= 0.6 is 0 Å². The number of carbonyl (C=O) groups is 2. The van der Waals surface area contributed by atoms with Crippen molar-refractivity contribution in [2.75, 3.05) is 6.61 Å². The summed E-state index contributed by atoms with van der Waals surface area (Å²) < 4.78 is 5.91. The number of hydrogen-bond acceptors (Lipinski definition) is 5. The minimum absolute atomic E-state index is 0.0655. The van der Waals surface area contributed by atoms with Crippen molar-refractivity contribution in [1.82, 2.24) is 5.32 Å². The van der Waals surface area contributed by atoms with Crippen LogP contribution < -0.4 is 5.32 Å². The van der Waals surface area contributed by atoms with E-state index in [0.29, 0.717) is 19.3 Å². The van der Waals surface area contributed by atoms with Gasteiger partial charge in [-0.25, -0.2) is 0 Å². The van der Waals surface area contributed by atoms with Crippen molar-refractivity contribution in [3.8, 4) is 0 Å². The van der Waals surface area contributed by atoms with E-state index in [1.165, 1.54) is 141 Å². The molecule has 0 rings (SSSR count). The van der Waals surface area contributed by atoms with E-state index in [9.17, 15) is 19.8 Å². The van der Waals surface area contributed by atoms with Crippen LogP contribution in [0.4, 0.5) is 0 Å². The number of allylic oxidation sites excluding steroid dienone is 6. The molecule has 0 saturated heterocycles. The van der Waals surface area contributed by atoms with Crippen molar-refractivity contribution >= 4 is 11.9 Å². The Hall–Kier alpha value is -1.92. The van der Waals surface area contributed by atoms with Gasteiger partial charge in [0.15, 0.2) is 0 Å². The highest BCUT2D eigenvalue weighted by Crippen LogP contribution is 2.18. The first-order valence-electron chi connectivity index (χ1n) is 26.2. The molecular weight excluding hydrogens is 743 g/mol. The molecule has 0 aliphatic rings. The van der Waals surface area contributed by atoms with E-state index in [1.54, 1.807) is 0 Å². The van der Waals surface area contributed by atoms with Crippen molar-refractivity contribution in [2.45, 2.75) is 289 Å². The Kier molecular flexibility index (Phi) is 46.6. The smallest absolute Gasteiger partial charge is 0.306 e. The lowest BCUT2D eigenvalue weighted by Crippen LogP contribution is -2.46. The molecule has 3 N–H and O–H groups in total. The summed E-state index contributed by atoms with van der Waals surface area (Å²) in [6.07, 6.45) is 56.4. The number of rotatable bonds is 47. The molecule has 0 fully saturated rings. The molecule has 352 valence electrons. The number of esters is 1. The minimum atomic E-state index is -0.791. The number of amides is 1. The molecule has 0 aliphatic carbocycles. The lowest BCUT2D eigenvalue weighted by atomic mass is 10.0. The van der Waals surface area contributed by atoms with Gasteiger partial charge in [-0.2, -0.15) is 0 Å². The van der Waals surface area contributed by atoms with Gasteiger partial charge in [0.05, 0.1) is 25.2 Å². The zero-order valence-corrected chi connectivity index (χ0v) is 40.1. The van der Waals surface area contributed by atoms with Crippen LogP contribution in [0, 0.1) is 0 Å². The van der Waals surface area contributed by atoms with Crippen LogP contribution in [0.15, 0.2) is 36.5 Å². The summed E-state index contributed by atoms with van der Waals surface area (Å²) in [6.45, 7) is 6.36. The van der Waals surface area contributed by atoms with E-state index in [1.807, 2.05) is 0 Å². The fraction of sp³-hybridized carbons (Fsp3) is 0.852. The number of aliphatic hydroxyl groups excluding tert-OH is 2. The predicted molar refractivity (Wildman–Crippen MR) is 259 cm³/mol. The van der Waals surface area contributed by atoms with E-state index in [0.717, 1.165) is 83.5 Å². The molecule has 1 amide bonds. The third kappa shape index (κ3) is 42.8. The Labute approximate surface area is 373 Å². The Morgan fingerprint density at radius 2 is 0.900 bits per heavy atom. The average molecular weight is 844 g/mol. The molecule has 0 aliphatic heterocycles. The summed E-state index contributed by atoms with van der Waals surface area (Å²) >= 11 is 0. The zero-order chi connectivity index (χ0) is 43.8. The lowest BCUT2D eigenvalue weighted by molar-refractivity contribution is -0.151. The van der Waals surface area contributed by atoms with E-state index >= 15 is 0 Å². The second kappa shape index (κ2) is 48.1. The molecule has 0 saturated carbocycles. The van der Waals surface area contributed by atoms with Crippen molar-refractivity contribution in [2.24, 2.45) is 0 Å². The van der Waals surface area contributed by atoms with Crippen molar-refractivity contribution in [1.29, 1.82) is 0 Å². The Balaban J connectivity index is 4.45. The highest BCUT2D eigenvalue weighted by atomic mass is 16.5. The second-order valence-electron chi connectivity index (χ2n) is 17.9. The van der Waals surface area contributed by atoms with Gasteiger partial charge in [-0.1, -0.05) is 218 Å². The maximum absolute atomic E-state index is 13.2. The van der Waals surface area contributed by atoms with Gasteiger partial charge in [0.1, 0.15) is 6.10 Å². The third-order valence-corrected chi connectivity index (χ3v) is 12.0. The van der Waals surface area contributed by atoms with Gasteiger partial charge in [-0.05, 0) is 77.0 Å². The summed E-state index contributed by atoms with van der Waals surface area (Å²) in [4.78, 5) is 26.1. The van der Waals surface area contributed by atoms with Crippen LogP contribution in [0.25, 0.3) is 0 Å². The minimum Gasteiger partial charge on any atom is -0.462 e. The van der Waals surface area contributed by atoms with Gasteiger partial charge in [0.25, 0.3) is 0 Å². The molecule has 0 bridgehead atoms. The molecule has 0 heterocycles. The summed E-state index contributed by atoms with van der Waals surface area (Å²) in [5.74, 6) is -0.493. The molecule has 6 nitrogen and oxygen atoms in total. The van der Waals surface area contributed by atoms with Crippen LogP contribution in [-0.2, 0) is 14.3 Å². The molecule has 6 heteroatoms. The number of nitrogens with one attached hydrogen (secondary N) is 1. The van der Waals surface area contributed by atoms with Crippen LogP contribution in [0.5, 0.6) is 0 Å². The number of hydrogen-bond donors (Lipinski definition) is 3. The number of ether oxygens (including phenoxy) is 1. The largest absolute Gasteiger partial charge is 0.462 e. The number of carbonyl (C=O) groups excluding carboxylic acids is 2. The van der Waals surface area contributed by atoms with Crippen LogP contribution in [0.1, 0.15) is 271 Å². The standard InChI is InChI=1S/C54H101NO5/c1-4-7-10-13-16-19-22-24-26-27-28-29-31-34-37-40-43-46-52(57)51(49-56)55-53(58)48-50(45-42-39-36-33-21-18-15-12-9-6-3)60-54(59)47-44-41-38-35-32-30-25-23-20-17-14-11-8-5-2/h8,11,17-18,20-21,50-52,56-57H,4-7,9-10,12-16,19,22-49H2,1-3H3,(H,55,58)/b11-8+,20-17+,21-18-. The van der Waals surface area contributed by atoms with E-state index in [-0.39, 0.29) is 24.9 Å². The SMILES string of the molecule is CC/C=C/C/C=C/CCCCCCCCCC(=O)OC(CCCCC/C=C\CCCCC)CC(=O)NC(CO)C(O)CCCCCCCCCCCCCCCCCCC. The van der Waals surface area contributed by atoms with Crippen LogP contribution in [0.2, 0.25) is 0 Å². The molecular formula is C54H101NO5. The quantitative estimate of drug-likeness (QED) is 0.0322.